The van der Waals surface area contributed by atoms with Gasteiger partial charge in [-0.25, -0.2) is 15.0 Å². The molecule has 0 atom stereocenters. The number of thiazole rings is 1. The van der Waals surface area contributed by atoms with Gasteiger partial charge in [0, 0.05) is 19.1 Å². The van der Waals surface area contributed by atoms with Crippen LogP contribution >= 0.6 is 22.9 Å². The van der Waals surface area contributed by atoms with E-state index in [2.05, 4.69) is 41.3 Å². The molecule has 0 amide bonds. The summed E-state index contributed by atoms with van der Waals surface area (Å²) in [5.74, 6) is 0. The summed E-state index contributed by atoms with van der Waals surface area (Å²) in [7, 11) is 0. The Hall–Kier alpha value is -1.70. The lowest BCUT2D eigenvalue weighted by molar-refractivity contribution is 0.122. The van der Waals surface area contributed by atoms with E-state index in [4.69, 9.17) is 26.3 Å². The molecule has 4 heterocycles. The fourth-order valence-corrected chi connectivity index (χ4v) is 4.78. The molecular formula is C19H24ClN5OS. The molecule has 0 aromatic carbocycles. The Bertz CT molecular complexity index is 943. The predicted molar refractivity (Wildman–Crippen MR) is 111 cm³/mol. The van der Waals surface area contributed by atoms with Gasteiger partial charge in [0.25, 0.3) is 0 Å². The number of hydrogen-bond donors (Lipinski definition) is 0. The van der Waals surface area contributed by atoms with Crippen molar-refractivity contribution in [1.82, 2.24) is 19.5 Å². The van der Waals surface area contributed by atoms with Gasteiger partial charge in [-0.15, -0.1) is 0 Å². The fourth-order valence-electron chi connectivity index (χ4n) is 3.59. The van der Waals surface area contributed by atoms with E-state index >= 15 is 0 Å². The molecule has 3 aromatic heterocycles. The third-order valence-electron chi connectivity index (χ3n) is 5.17. The van der Waals surface area contributed by atoms with Crippen LogP contribution in [0.2, 0.25) is 4.34 Å². The number of pyridine rings is 1. The fraction of sp³-hybridized carbons (Fsp3) is 0.526. The number of fused-ring (bicyclic) bond motifs is 1. The molecule has 1 fully saturated rings. The Balaban J connectivity index is 1.74. The average Bonchev–Trinajstić information content (AvgIpc) is 3.27. The standard InChI is InChI=1S/C19H24ClN5OS/c1-4-13(5-2)25-11-21-18-14(25)10-12(3)15(22-18)16-17(20)27-19(23-16)24-6-8-26-9-7-24/h10-11,13H,4-9H2,1-3H3. The first-order chi connectivity index (χ1) is 13.1. The highest BCUT2D eigenvalue weighted by Gasteiger charge is 2.22. The smallest absolute Gasteiger partial charge is 0.187 e. The van der Waals surface area contributed by atoms with Crippen LogP contribution in [0.25, 0.3) is 22.6 Å². The second-order valence-electron chi connectivity index (χ2n) is 6.84. The predicted octanol–water partition coefficient (Wildman–Crippen LogP) is 4.71. The Morgan fingerprint density at radius 2 is 1.93 bits per heavy atom. The molecule has 0 N–H and O–H groups in total. The molecule has 3 aromatic rings. The Morgan fingerprint density at radius 1 is 1.19 bits per heavy atom. The molecule has 144 valence electrons. The Labute approximate surface area is 168 Å². The van der Waals surface area contributed by atoms with E-state index < -0.39 is 0 Å². The van der Waals surface area contributed by atoms with Crippen LogP contribution in [0.3, 0.4) is 0 Å². The van der Waals surface area contributed by atoms with Gasteiger partial charge in [0.15, 0.2) is 10.8 Å². The Morgan fingerprint density at radius 3 is 2.63 bits per heavy atom. The monoisotopic (exact) mass is 405 g/mol. The SMILES string of the molecule is CCC(CC)n1cnc2nc(-c3nc(N4CCOCC4)sc3Cl)c(C)cc21. The summed E-state index contributed by atoms with van der Waals surface area (Å²) in [5.41, 5.74) is 4.46. The number of ether oxygens (including phenoxy) is 1. The van der Waals surface area contributed by atoms with E-state index in [-0.39, 0.29) is 0 Å². The van der Waals surface area contributed by atoms with Gasteiger partial charge < -0.3 is 14.2 Å². The maximum atomic E-state index is 6.55. The third kappa shape index (κ3) is 3.44. The van der Waals surface area contributed by atoms with Crippen molar-refractivity contribution >= 4 is 39.2 Å². The summed E-state index contributed by atoms with van der Waals surface area (Å²) in [5, 5.41) is 0.933. The van der Waals surface area contributed by atoms with Crippen LogP contribution in [0, 0.1) is 6.92 Å². The van der Waals surface area contributed by atoms with Crippen LogP contribution in [0.15, 0.2) is 12.4 Å². The maximum Gasteiger partial charge on any atom is 0.187 e. The van der Waals surface area contributed by atoms with Gasteiger partial charge in [-0.2, -0.15) is 0 Å². The van der Waals surface area contributed by atoms with Crippen molar-refractivity contribution in [1.29, 1.82) is 0 Å². The van der Waals surface area contributed by atoms with Crippen LogP contribution in [0.4, 0.5) is 5.13 Å². The Kier molecular flexibility index (Phi) is 5.34. The first-order valence-corrected chi connectivity index (χ1v) is 10.6. The largest absolute Gasteiger partial charge is 0.378 e. The number of anilines is 1. The van der Waals surface area contributed by atoms with E-state index in [9.17, 15) is 0 Å². The number of rotatable bonds is 5. The minimum absolute atomic E-state index is 0.442. The van der Waals surface area contributed by atoms with Gasteiger partial charge in [-0.1, -0.05) is 36.8 Å². The van der Waals surface area contributed by atoms with Crippen molar-refractivity contribution in [3.8, 4) is 11.4 Å². The van der Waals surface area contributed by atoms with Crippen LogP contribution in [-0.4, -0.2) is 45.8 Å². The van der Waals surface area contributed by atoms with Gasteiger partial charge in [-0.3, -0.25) is 0 Å². The van der Waals surface area contributed by atoms with Gasteiger partial charge in [0.05, 0.1) is 30.8 Å². The quantitative estimate of drug-likeness (QED) is 0.615. The van der Waals surface area contributed by atoms with Crippen molar-refractivity contribution in [2.24, 2.45) is 0 Å². The molecule has 8 heteroatoms. The number of aromatic nitrogens is 4. The number of aryl methyl sites for hydroxylation is 1. The number of morpholine rings is 1. The summed E-state index contributed by atoms with van der Waals surface area (Å²) in [6.07, 6.45) is 4.05. The summed E-state index contributed by atoms with van der Waals surface area (Å²) in [6.45, 7) is 9.61. The molecule has 1 saturated heterocycles. The van der Waals surface area contributed by atoms with Gasteiger partial charge in [-0.05, 0) is 31.4 Å². The van der Waals surface area contributed by atoms with Crippen molar-refractivity contribution in [2.75, 3.05) is 31.2 Å². The van der Waals surface area contributed by atoms with Gasteiger partial charge in [0.2, 0.25) is 0 Å². The minimum atomic E-state index is 0.442. The number of halogens is 1. The van der Waals surface area contributed by atoms with Crippen LogP contribution in [0.5, 0.6) is 0 Å². The summed E-state index contributed by atoms with van der Waals surface area (Å²) in [4.78, 5) is 16.4. The molecule has 0 unspecified atom stereocenters. The molecular weight excluding hydrogens is 382 g/mol. The normalized spacial score (nSPS) is 15.2. The molecule has 4 rings (SSSR count). The summed E-state index contributed by atoms with van der Waals surface area (Å²) in [6, 6.07) is 2.60. The first kappa shape index (κ1) is 18.7. The zero-order chi connectivity index (χ0) is 19.0. The summed E-state index contributed by atoms with van der Waals surface area (Å²) < 4.78 is 8.34. The molecule has 0 spiro atoms. The number of hydrogen-bond acceptors (Lipinski definition) is 6. The second-order valence-corrected chi connectivity index (χ2v) is 8.42. The van der Waals surface area contributed by atoms with Crippen molar-refractivity contribution < 1.29 is 4.74 Å². The molecule has 0 saturated carbocycles. The van der Waals surface area contributed by atoms with E-state index in [1.54, 1.807) is 0 Å². The molecule has 1 aliphatic rings. The first-order valence-electron chi connectivity index (χ1n) is 9.45. The van der Waals surface area contributed by atoms with Crippen LogP contribution < -0.4 is 4.90 Å². The lowest BCUT2D eigenvalue weighted by Crippen LogP contribution is -2.36. The lowest BCUT2D eigenvalue weighted by Gasteiger charge is -2.25. The van der Waals surface area contributed by atoms with E-state index in [0.29, 0.717) is 10.4 Å². The van der Waals surface area contributed by atoms with Crippen molar-refractivity contribution in [2.45, 2.75) is 39.7 Å². The maximum absolute atomic E-state index is 6.55. The lowest BCUT2D eigenvalue weighted by atomic mass is 10.1. The second kappa shape index (κ2) is 7.73. The zero-order valence-corrected chi connectivity index (χ0v) is 17.5. The van der Waals surface area contributed by atoms with E-state index in [1.165, 1.54) is 11.3 Å². The number of imidazole rings is 1. The third-order valence-corrected chi connectivity index (χ3v) is 6.49. The van der Waals surface area contributed by atoms with Gasteiger partial charge in [0.1, 0.15) is 10.0 Å². The average molecular weight is 406 g/mol. The highest BCUT2D eigenvalue weighted by Crippen LogP contribution is 2.38. The van der Waals surface area contributed by atoms with Crippen molar-refractivity contribution in [3.05, 3.63) is 22.3 Å². The molecule has 1 aliphatic heterocycles. The van der Waals surface area contributed by atoms with E-state index in [0.717, 1.165) is 72.4 Å². The molecule has 0 radical (unpaired) electrons. The summed E-state index contributed by atoms with van der Waals surface area (Å²) >= 11 is 8.06. The topological polar surface area (TPSA) is 56.1 Å². The number of nitrogens with zero attached hydrogens (tertiary/aromatic N) is 5. The highest BCUT2D eigenvalue weighted by molar-refractivity contribution is 7.20. The van der Waals surface area contributed by atoms with Crippen LogP contribution in [-0.2, 0) is 4.74 Å². The highest BCUT2D eigenvalue weighted by atomic mass is 35.5. The van der Waals surface area contributed by atoms with Crippen LogP contribution in [0.1, 0.15) is 38.3 Å². The molecule has 27 heavy (non-hydrogen) atoms. The van der Waals surface area contributed by atoms with Gasteiger partial charge >= 0.3 is 0 Å². The van der Waals surface area contributed by atoms with Crippen molar-refractivity contribution in [3.63, 3.8) is 0 Å². The molecule has 0 bridgehead atoms. The zero-order valence-electron chi connectivity index (χ0n) is 15.9. The molecule has 0 aliphatic carbocycles. The molecule has 6 nitrogen and oxygen atoms in total. The van der Waals surface area contributed by atoms with E-state index in [1.807, 2.05) is 6.33 Å². The minimum Gasteiger partial charge on any atom is -0.378 e.